The minimum absolute atomic E-state index is 0.00597. The number of likely N-dealkylation sites (N-methyl/N-ethyl adjacent to an activating group) is 1. The van der Waals surface area contributed by atoms with Gasteiger partial charge in [0.05, 0.1) is 0 Å². The van der Waals surface area contributed by atoms with E-state index in [1.807, 2.05) is 13.8 Å². The van der Waals surface area contributed by atoms with Crippen LogP contribution >= 0.6 is 0 Å². The van der Waals surface area contributed by atoms with Gasteiger partial charge in [0, 0.05) is 18.8 Å². The van der Waals surface area contributed by atoms with Crippen molar-refractivity contribution in [3.8, 4) is 0 Å². The Hall–Kier alpha value is -2.38. The van der Waals surface area contributed by atoms with Gasteiger partial charge in [-0.15, -0.1) is 0 Å². The van der Waals surface area contributed by atoms with Gasteiger partial charge in [0.15, 0.2) is 5.82 Å². The molecule has 0 spiro atoms. The van der Waals surface area contributed by atoms with Crippen LogP contribution in [0.2, 0.25) is 0 Å². The monoisotopic (exact) mass is 279 g/mol. The number of urea groups is 1. The van der Waals surface area contributed by atoms with Crippen LogP contribution in [0.15, 0.2) is 6.07 Å². The maximum atomic E-state index is 11.8. The number of carbonyl (C=O) groups excluding carboxylic acids is 3. The van der Waals surface area contributed by atoms with Gasteiger partial charge in [0.1, 0.15) is 13.1 Å². The normalized spacial score (nSPS) is 15.4. The van der Waals surface area contributed by atoms with E-state index in [9.17, 15) is 14.4 Å². The van der Waals surface area contributed by atoms with E-state index < -0.39 is 11.9 Å². The van der Waals surface area contributed by atoms with Crippen molar-refractivity contribution in [2.24, 2.45) is 0 Å². The van der Waals surface area contributed by atoms with Gasteiger partial charge in [0.2, 0.25) is 5.91 Å². The predicted octanol–water partition coefficient (Wildman–Crippen LogP) is 0.366. The van der Waals surface area contributed by atoms with Gasteiger partial charge in [0.25, 0.3) is 5.91 Å². The number of imide groups is 1. The van der Waals surface area contributed by atoms with Crippen molar-refractivity contribution in [3.05, 3.63) is 11.8 Å². The number of hydrogen-bond acceptors (Lipinski definition) is 4. The molecule has 108 valence electrons. The molecule has 2 N–H and O–H groups in total. The van der Waals surface area contributed by atoms with E-state index in [1.54, 1.807) is 6.07 Å². The molecule has 8 heteroatoms. The topological polar surface area (TPSA) is 98.4 Å². The molecule has 1 aliphatic heterocycles. The lowest BCUT2D eigenvalue weighted by atomic mass is 10.1. The standard InChI is InChI=1S/C12H17N5O3/c1-7(2)8-4-9(15-14-8)13-10(18)5-17-11(19)6-16(3)12(17)20/h4,7H,5-6H2,1-3H3,(H2,13,14,15,18). The van der Waals surface area contributed by atoms with Crippen LogP contribution in [-0.2, 0) is 9.59 Å². The molecule has 2 rings (SSSR count). The average Bonchev–Trinajstić information content (AvgIpc) is 2.91. The maximum absolute atomic E-state index is 11.8. The molecule has 1 aromatic heterocycles. The fourth-order valence-corrected chi connectivity index (χ4v) is 1.85. The molecule has 0 aromatic carbocycles. The molecule has 0 saturated carbocycles. The molecular formula is C12H17N5O3. The molecule has 0 atom stereocenters. The van der Waals surface area contributed by atoms with Gasteiger partial charge < -0.3 is 10.2 Å². The molecule has 1 fully saturated rings. The predicted molar refractivity (Wildman–Crippen MR) is 71.0 cm³/mol. The molecule has 4 amide bonds. The van der Waals surface area contributed by atoms with Crippen LogP contribution in [0.4, 0.5) is 10.6 Å². The van der Waals surface area contributed by atoms with E-state index in [4.69, 9.17) is 0 Å². The summed E-state index contributed by atoms with van der Waals surface area (Å²) >= 11 is 0. The molecule has 1 aliphatic rings. The first-order valence-corrected chi connectivity index (χ1v) is 6.29. The molecule has 2 heterocycles. The Labute approximate surface area is 116 Å². The Kier molecular flexibility index (Phi) is 3.73. The Morgan fingerprint density at radius 1 is 1.50 bits per heavy atom. The van der Waals surface area contributed by atoms with E-state index in [0.29, 0.717) is 5.82 Å². The van der Waals surface area contributed by atoms with Crippen molar-refractivity contribution < 1.29 is 14.4 Å². The lowest BCUT2D eigenvalue weighted by Gasteiger charge is -2.12. The Bertz CT molecular complexity index is 551. The first kappa shape index (κ1) is 14.0. The number of H-pyrrole nitrogens is 1. The number of rotatable bonds is 4. The third-order valence-electron chi connectivity index (χ3n) is 3.02. The summed E-state index contributed by atoms with van der Waals surface area (Å²) in [6, 6.07) is 1.26. The summed E-state index contributed by atoms with van der Waals surface area (Å²) in [4.78, 5) is 37.2. The van der Waals surface area contributed by atoms with Gasteiger partial charge in [-0.3, -0.25) is 19.6 Å². The quantitative estimate of drug-likeness (QED) is 0.778. The fraction of sp³-hybridized carbons (Fsp3) is 0.500. The summed E-state index contributed by atoms with van der Waals surface area (Å²) in [6.07, 6.45) is 0. The summed E-state index contributed by atoms with van der Waals surface area (Å²) in [5.41, 5.74) is 0.897. The zero-order valence-corrected chi connectivity index (χ0v) is 11.6. The van der Waals surface area contributed by atoms with Gasteiger partial charge in [-0.05, 0) is 5.92 Å². The molecule has 0 unspecified atom stereocenters. The first-order chi connectivity index (χ1) is 9.38. The second kappa shape index (κ2) is 5.32. The highest BCUT2D eigenvalue weighted by Gasteiger charge is 2.34. The molecule has 1 aromatic rings. The van der Waals surface area contributed by atoms with Crippen molar-refractivity contribution in [1.82, 2.24) is 20.0 Å². The Morgan fingerprint density at radius 3 is 2.70 bits per heavy atom. The molecule has 0 bridgehead atoms. The van der Waals surface area contributed by atoms with Crippen molar-refractivity contribution >= 4 is 23.7 Å². The van der Waals surface area contributed by atoms with Gasteiger partial charge in [-0.25, -0.2) is 4.79 Å². The number of amides is 4. The lowest BCUT2D eigenvalue weighted by molar-refractivity contribution is -0.129. The number of hydrogen-bond donors (Lipinski definition) is 2. The van der Waals surface area contributed by atoms with E-state index in [1.165, 1.54) is 11.9 Å². The highest BCUT2D eigenvalue weighted by atomic mass is 16.2. The highest BCUT2D eigenvalue weighted by molar-refractivity contribution is 6.06. The van der Waals surface area contributed by atoms with E-state index in [2.05, 4.69) is 15.5 Å². The molecule has 8 nitrogen and oxygen atoms in total. The zero-order chi connectivity index (χ0) is 14.9. The average molecular weight is 279 g/mol. The van der Waals surface area contributed by atoms with E-state index >= 15 is 0 Å². The van der Waals surface area contributed by atoms with Crippen LogP contribution in [0, 0.1) is 0 Å². The van der Waals surface area contributed by atoms with E-state index in [-0.39, 0.29) is 24.9 Å². The van der Waals surface area contributed by atoms with Crippen molar-refractivity contribution in [3.63, 3.8) is 0 Å². The van der Waals surface area contributed by atoms with Crippen molar-refractivity contribution in [1.29, 1.82) is 0 Å². The minimum atomic E-state index is -0.463. The number of nitrogens with one attached hydrogen (secondary N) is 2. The summed E-state index contributed by atoms with van der Waals surface area (Å²) in [6.45, 7) is 3.70. The number of aromatic amines is 1. The summed E-state index contributed by atoms with van der Waals surface area (Å²) in [5, 5.41) is 9.31. The Morgan fingerprint density at radius 2 is 2.20 bits per heavy atom. The molecule has 0 aliphatic carbocycles. The molecule has 0 radical (unpaired) electrons. The lowest BCUT2D eigenvalue weighted by Crippen LogP contribution is -2.38. The highest BCUT2D eigenvalue weighted by Crippen LogP contribution is 2.15. The van der Waals surface area contributed by atoms with Gasteiger partial charge >= 0.3 is 6.03 Å². The second-order valence-corrected chi connectivity index (χ2v) is 5.03. The third kappa shape index (κ3) is 2.79. The fourth-order valence-electron chi connectivity index (χ4n) is 1.85. The van der Waals surface area contributed by atoms with Crippen LogP contribution < -0.4 is 5.32 Å². The van der Waals surface area contributed by atoms with Crippen LogP contribution in [-0.4, -0.2) is 58.0 Å². The zero-order valence-electron chi connectivity index (χ0n) is 11.6. The smallest absolute Gasteiger partial charge is 0.318 e. The number of anilines is 1. The van der Waals surface area contributed by atoms with Crippen LogP contribution in [0.5, 0.6) is 0 Å². The van der Waals surface area contributed by atoms with E-state index in [0.717, 1.165) is 10.6 Å². The number of nitrogens with zero attached hydrogens (tertiary/aromatic N) is 3. The summed E-state index contributed by atoms with van der Waals surface area (Å²) in [7, 11) is 1.51. The van der Waals surface area contributed by atoms with Gasteiger partial charge in [-0.2, -0.15) is 5.10 Å². The number of carbonyl (C=O) groups is 3. The molecule has 1 saturated heterocycles. The molecular weight excluding hydrogens is 262 g/mol. The van der Waals surface area contributed by atoms with Crippen LogP contribution in [0.3, 0.4) is 0 Å². The van der Waals surface area contributed by atoms with Crippen LogP contribution in [0.25, 0.3) is 0 Å². The SMILES string of the molecule is CC(C)c1cc(NC(=O)CN2C(=O)CN(C)C2=O)n[nH]1. The first-order valence-electron chi connectivity index (χ1n) is 6.29. The molecule has 20 heavy (non-hydrogen) atoms. The van der Waals surface area contributed by atoms with Gasteiger partial charge in [-0.1, -0.05) is 13.8 Å². The Balaban J connectivity index is 1.95. The van der Waals surface area contributed by atoms with Crippen LogP contribution in [0.1, 0.15) is 25.5 Å². The largest absolute Gasteiger partial charge is 0.327 e. The third-order valence-corrected chi connectivity index (χ3v) is 3.02. The second-order valence-electron chi connectivity index (χ2n) is 5.03. The van der Waals surface area contributed by atoms with Crippen molar-refractivity contribution in [2.75, 3.05) is 25.5 Å². The summed E-state index contributed by atoms with van der Waals surface area (Å²) in [5.74, 6) is -0.184. The minimum Gasteiger partial charge on any atom is -0.318 e. The maximum Gasteiger partial charge on any atom is 0.327 e. The van der Waals surface area contributed by atoms with Crippen molar-refractivity contribution in [2.45, 2.75) is 19.8 Å². The summed E-state index contributed by atoms with van der Waals surface area (Å²) < 4.78 is 0. The number of aromatic nitrogens is 2.